The zero-order valence-electron chi connectivity index (χ0n) is 11.2. The van der Waals surface area contributed by atoms with Crippen molar-refractivity contribution in [2.24, 2.45) is 0 Å². The number of para-hydroxylation sites is 2. The minimum Gasteiger partial charge on any atom is -0.363 e. The van der Waals surface area contributed by atoms with Gasteiger partial charge in [0.05, 0.1) is 10.7 Å². The van der Waals surface area contributed by atoms with Crippen LogP contribution in [0, 0.1) is 10.1 Å². The van der Waals surface area contributed by atoms with Crippen LogP contribution in [0.15, 0.2) is 24.3 Å². The first kappa shape index (κ1) is 14.7. The summed E-state index contributed by atoms with van der Waals surface area (Å²) >= 11 is 0. The Balaban J connectivity index is 2.14. The van der Waals surface area contributed by atoms with Crippen LogP contribution in [0.5, 0.6) is 0 Å². The second-order valence-corrected chi connectivity index (χ2v) is 6.79. The fourth-order valence-electron chi connectivity index (χ4n) is 2.28. The van der Waals surface area contributed by atoms with E-state index in [0.29, 0.717) is 31.9 Å². The third-order valence-corrected chi connectivity index (χ3v) is 5.30. The SMILES string of the molecule is CCS(=O)(=O)N1CCN(c2ccccc2[N+](=O)[O-])CC1. The highest BCUT2D eigenvalue weighted by Gasteiger charge is 2.28. The molecule has 1 heterocycles. The second-order valence-electron chi connectivity index (χ2n) is 4.53. The van der Waals surface area contributed by atoms with Gasteiger partial charge in [-0.3, -0.25) is 10.1 Å². The molecular weight excluding hydrogens is 282 g/mol. The first-order valence-electron chi connectivity index (χ1n) is 6.42. The van der Waals surface area contributed by atoms with Gasteiger partial charge in [-0.05, 0) is 13.0 Å². The molecular formula is C12H17N3O4S. The van der Waals surface area contributed by atoms with Crippen molar-refractivity contribution in [3.63, 3.8) is 0 Å². The highest BCUT2D eigenvalue weighted by atomic mass is 32.2. The summed E-state index contributed by atoms with van der Waals surface area (Å²) in [6.07, 6.45) is 0. The number of nitro groups is 1. The Hall–Kier alpha value is -1.67. The Morgan fingerprint density at radius 1 is 1.20 bits per heavy atom. The quantitative estimate of drug-likeness (QED) is 0.613. The molecule has 0 bridgehead atoms. The van der Waals surface area contributed by atoms with E-state index >= 15 is 0 Å². The molecule has 20 heavy (non-hydrogen) atoms. The molecule has 0 N–H and O–H groups in total. The second kappa shape index (κ2) is 5.76. The van der Waals surface area contributed by atoms with Gasteiger partial charge in [-0.15, -0.1) is 0 Å². The lowest BCUT2D eigenvalue weighted by atomic mass is 10.2. The van der Waals surface area contributed by atoms with Gasteiger partial charge in [0.2, 0.25) is 10.0 Å². The van der Waals surface area contributed by atoms with Crippen LogP contribution in [0.2, 0.25) is 0 Å². The molecule has 0 atom stereocenters. The monoisotopic (exact) mass is 299 g/mol. The van der Waals surface area contributed by atoms with Gasteiger partial charge >= 0.3 is 0 Å². The van der Waals surface area contributed by atoms with Crippen LogP contribution in [0.4, 0.5) is 11.4 Å². The number of piperazine rings is 1. The first-order chi connectivity index (χ1) is 9.45. The van der Waals surface area contributed by atoms with Crippen LogP contribution in [0.3, 0.4) is 0 Å². The van der Waals surface area contributed by atoms with E-state index in [9.17, 15) is 18.5 Å². The zero-order chi connectivity index (χ0) is 14.8. The maximum Gasteiger partial charge on any atom is 0.292 e. The molecule has 8 heteroatoms. The van der Waals surface area contributed by atoms with Crippen LogP contribution in [0.1, 0.15) is 6.92 Å². The van der Waals surface area contributed by atoms with Gasteiger partial charge in [0.15, 0.2) is 0 Å². The normalized spacial score (nSPS) is 17.1. The molecule has 7 nitrogen and oxygen atoms in total. The smallest absolute Gasteiger partial charge is 0.292 e. The largest absolute Gasteiger partial charge is 0.363 e. The highest BCUT2D eigenvalue weighted by Crippen LogP contribution is 2.28. The third-order valence-electron chi connectivity index (χ3n) is 3.42. The number of hydrogen-bond donors (Lipinski definition) is 0. The number of nitro benzene ring substituents is 1. The lowest BCUT2D eigenvalue weighted by molar-refractivity contribution is -0.384. The molecule has 1 fully saturated rings. The predicted molar refractivity (Wildman–Crippen MR) is 76.3 cm³/mol. The molecule has 110 valence electrons. The zero-order valence-corrected chi connectivity index (χ0v) is 12.0. The van der Waals surface area contributed by atoms with Crippen molar-refractivity contribution in [1.82, 2.24) is 4.31 Å². The molecule has 1 aliphatic rings. The number of benzene rings is 1. The number of rotatable bonds is 4. The topological polar surface area (TPSA) is 83.8 Å². The Morgan fingerprint density at radius 2 is 1.80 bits per heavy atom. The molecule has 1 aromatic rings. The maximum absolute atomic E-state index is 11.8. The summed E-state index contributed by atoms with van der Waals surface area (Å²) < 4.78 is 25.0. The van der Waals surface area contributed by atoms with Crippen molar-refractivity contribution < 1.29 is 13.3 Å². The third kappa shape index (κ3) is 2.91. The van der Waals surface area contributed by atoms with Gasteiger partial charge < -0.3 is 4.90 Å². The molecule has 0 aliphatic carbocycles. The van der Waals surface area contributed by atoms with Gasteiger partial charge in [0.25, 0.3) is 5.69 Å². The number of sulfonamides is 1. The summed E-state index contributed by atoms with van der Waals surface area (Å²) in [6, 6.07) is 6.53. The van der Waals surface area contributed by atoms with E-state index in [1.54, 1.807) is 25.1 Å². The Kier molecular flexibility index (Phi) is 4.24. The lowest BCUT2D eigenvalue weighted by Crippen LogP contribution is -2.49. The van der Waals surface area contributed by atoms with E-state index in [-0.39, 0.29) is 11.4 Å². The van der Waals surface area contributed by atoms with E-state index in [1.165, 1.54) is 10.4 Å². The maximum atomic E-state index is 11.8. The van der Waals surface area contributed by atoms with Crippen LogP contribution in [-0.4, -0.2) is 49.6 Å². The summed E-state index contributed by atoms with van der Waals surface area (Å²) in [7, 11) is -3.18. The van der Waals surface area contributed by atoms with Crippen molar-refractivity contribution >= 4 is 21.4 Å². The Morgan fingerprint density at radius 3 is 2.35 bits per heavy atom. The van der Waals surface area contributed by atoms with E-state index in [2.05, 4.69) is 0 Å². The summed E-state index contributed by atoms with van der Waals surface area (Å²) in [5.74, 6) is 0.0818. The molecule has 0 aromatic heterocycles. The van der Waals surface area contributed by atoms with E-state index in [1.807, 2.05) is 4.90 Å². The first-order valence-corrected chi connectivity index (χ1v) is 8.03. The molecule has 0 radical (unpaired) electrons. The van der Waals surface area contributed by atoms with E-state index in [0.717, 1.165) is 0 Å². The van der Waals surface area contributed by atoms with Crippen molar-refractivity contribution in [2.45, 2.75) is 6.92 Å². The average Bonchev–Trinajstić information content (AvgIpc) is 2.47. The van der Waals surface area contributed by atoms with Gasteiger partial charge in [-0.2, -0.15) is 4.31 Å². The summed E-state index contributed by atoms with van der Waals surface area (Å²) in [4.78, 5) is 12.5. The minimum atomic E-state index is -3.18. The molecule has 1 aliphatic heterocycles. The van der Waals surface area contributed by atoms with Crippen LogP contribution < -0.4 is 4.90 Å². The minimum absolute atomic E-state index is 0.0549. The predicted octanol–water partition coefficient (Wildman–Crippen LogP) is 1.07. The Bertz CT molecular complexity index is 594. The molecule has 0 unspecified atom stereocenters. The van der Waals surface area contributed by atoms with Crippen molar-refractivity contribution in [3.05, 3.63) is 34.4 Å². The molecule has 1 saturated heterocycles. The summed E-state index contributed by atoms with van der Waals surface area (Å²) in [5.41, 5.74) is 0.602. The van der Waals surface area contributed by atoms with Crippen molar-refractivity contribution in [3.8, 4) is 0 Å². The van der Waals surface area contributed by atoms with Gasteiger partial charge in [-0.25, -0.2) is 8.42 Å². The fourth-order valence-corrected chi connectivity index (χ4v) is 3.36. The van der Waals surface area contributed by atoms with Gasteiger partial charge in [0.1, 0.15) is 5.69 Å². The highest BCUT2D eigenvalue weighted by molar-refractivity contribution is 7.89. The molecule has 0 spiro atoms. The molecule has 1 aromatic carbocycles. The van der Waals surface area contributed by atoms with Crippen LogP contribution in [-0.2, 0) is 10.0 Å². The number of anilines is 1. The van der Waals surface area contributed by atoms with E-state index in [4.69, 9.17) is 0 Å². The standard InChI is InChI=1S/C12H17N3O4S/c1-2-20(18,19)14-9-7-13(8-10-14)11-5-3-4-6-12(11)15(16)17/h3-6H,2,7-10H2,1H3. The number of hydrogen-bond acceptors (Lipinski definition) is 5. The summed E-state index contributed by atoms with van der Waals surface area (Å²) in [5, 5.41) is 11.0. The van der Waals surface area contributed by atoms with Crippen molar-refractivity contribution in [2.75, 3.05) is 36.8 Å². The van der Waals surface area contributed by atoms with Crippen LogP contribution in [0.25, 0.3) is 0 Å². The van der Waals surface area contributed by atoms with Crippen molar-refractivity contribution in [1.29, 1.82) is 0 Å². The molecule has 0 saturated carbocycles. The Labute approximate surface area is 118 Å². The van der Waals surface area contributed by atoms with Gasteiger partial charge in [0, 0.05) is 32.2 Å². The fraction of sp³-hybridized carbons (Fsp3) is 0.500. The molecule has 2 rings (SSSR count). The lowest BCUT2D eigenvalue weighted by Gasteiger charge is -2.34. The molecule has 0 amide bonds. The van der Waals surface area contributed by atoms with E-state index < -0.39 is 14.9 Å². The number of nitrogens with zero attached hydrogens (tertiary/aromatic N) is 3. The van der Waals surface area contributed by atoms with Gasteiger partial charge in [-0.1, -0.05) is 12.1 Å². The average molecular weight is 299 g/mol. The summed E-state index contributed by atoms with van der Waals surface area (Å²) in [6.45, 7) is 3.27. The van der Waals surface area contributed by atoms with Crippen LogP contribution >= 0.6 is 0 Å².